The summed E-state index contributed by atoms with van der Waals surface area (Å²) in [6.07, 6.45) is 0.971. The fourth-order valence-electron chi connectivity index (χ4n) is 1.88. The van der Waals surface area contributed by atoms with E-state index < -0.39 is 5.97 Å². The molecule has 1 aliphatic rings. The van der Waals surface area contributed by atoms with Crippen LogP contribution in [0.4, 0.5) is 5.69 Å². The van der Waals surface area contributed by atoms with Gasteiger partial charge in [0.2, 0.25) is 0 Å². The lowest BCUT2D eigenvalue weighted by Gasteiger charge is -2.22. The summed E-state index contributed by atoms with van der Waals surface area (Å²) in [6.45, 7) is 3.18. The number of halogens is 1. The average Bonchev–Trinajstić information content (AvgIpc) is 2.56. The van der Waals surface area contributed by atoms with Gasteiger partial charge in [-0.1, -0.05) is 11.6 Å². The van der Waals surface area contributed by atoms with Crippen LogP contribution in [0.5, 0.6) is 0 Å². The van der Waals surface area contributed by atoms with Crippen LogP contribution >= 0.6 is 11.6 Å². The third-order valence-electron chi connectivity index (χ3n) is 2.77. The van der Waals surface area contributed by atoms with Crippen LogP contribution in [0, 0.1) is 0 Å². The van der Waals surface area contributed by atoms with E-state index in [1.807, 2.05) is 0 Å². The maximum absolute atomic E-state index is 10.8. The molecule has 0 bridgehead atoms. The number of ether oxygens (including phenoxy) is 1. The minimum atomic E-state index is -0.999. The topological polar surface area (TPSA) is 49.8 Å². The summed E-state index contributed by atoms with van der Waals surface area (Å²) < 4.78 is 5.37. The minimum absolute atomic E-state index is 0.140. The Labute approximate surface area is 105 Å². The highest BCUT2D eigenvalue weighted by molar-refractivity contribution is 6.33. The van der Waals surface area contributed by atoms with E-state index in [1.165, 1.54) is 0 Å². The molecule has 5 heteroatoms. The SMILES string of the molecule is O=C(O)c1ccc(N2CCCOCC2)cc1Cl. The second kappa shape index (κ2) is 5.38. The second-order valence-electron chi connectivity index (χ2n) is 3.92. The molecule has 1 aromatic rings. The Balaban J connectivity index is 2.21. The highest BCUT2D eigenvalue weighted by Crippen LogP contribution is 2.24. The zero-order chi connectivity index (χ0) is 12.3. The Bertz CT molecular complexity index is 414. The molecule has 0 saturated carbocycles. The van der Waals surface area contributed by atoms with Gasteiger partial charge in [0.05, 0.1) is 17.2 Å². The lowest BCUT2D eigenvalue weighted by atomic mass is 10.2. The molecular formula is C12H14ClNO3. The van der Waals surface area contributed by atoms with Gasteiger partial charge >= 0.3 is 5.97 Å². The van der Waals surface area contributed by atoms with Crippen molar-refractivity contribution >= 4 is 23.3 Å². The Hall–Kier alpha value is -1.26. The van der Waals surface area contributed by atoms with Crippen LogP contribution in [-0.4, -0.2) is 37.4 Å². The Morgan fingerprint density at radius 3 is 2.88 bits per heavy atom. The summed E-state index contributed by atoms with van der Waals surface area (Å²) in [5.41, 5.74) is 1.09. The van der Waals surface area contributed by atoms with E-state index in [2.05, 4.69) is 4.90 Å². The summed E-state index contributed by atoms with van der Waals surface area (Å²) >= 11 is 5.95. The maximum atomic E-state index is 10.8. The molecule has 1 fully saturated rings. The normalized spacial score (nSPS) is 16.6. The number of nitrogens with zero attached hydrogens (tertiary/aromatic N) is 1. The van der Waals surface area contributed by atoms with Gasteiger partial charge in [0, 0.05) is 25.4 Å². The first-order chi connectivity index (χ1) is 8.18. The largest absolute Gasteiger partial charge is 0.478 e. The number of aromatic carboxylic acids is 1. The van der Waals surface area contributed by atoms with E-state index in [0.29, 0.717) is 6.61 Å². The third-order valence-corrected chi connectivity index (χ3v) is 3.08. The maximum Gasteiger partial charge on any atom is 0.337 e. The molecule has 92 valence electrons. The van der Waals surface area contributed by atoms with Crippen molar-refractivity contribution in [3.8, 4) is 0 Å². The van der Waals surface area contributed by atoms with Crippen LogP contribution in [0.3, 0.4) is 0 Å². The van der Waals surface area contributed by atoms with Gasteiger partial charge in [-0.15, -0.1) is 0 Å². The minimum Gasteiger partial charge on any atom is -0.478 e. The van der Waals surface area contributed by atoms with Gasteiger partial charge < -0.3 is 14.7 Å². The van der Waals surface area contributed by atoms with Crippen LogP contribution in [0.1, 0.15) is 16.8 Å². The number of carbonyl (C=O) groups is 1. The van der Waals surface area contributed by atoms with Gasteiger partial charge in [-0.2, -0.15) is 0 Å². The molecule has 1 aliphatic heterocycles. The molecule has 17 heavy (non-hydrogen) atoms. The molecule has 1 N–H and O–H groups in total. The fraction of sp³-hybridized carbons (Fsp3) is 0.417. The second-order valence-corrected chi connectivity index (χ2v) is 4.33. The van der Waals surface area contributed by atoms with Crippen LogP contribution in [0.25, 0.3) is 0 Å². The molecule has 0 radical (unpaired) electrons. The summed E-state index contributed by atoms with van der Waals surface area (Å²) in [7, 11) is 0. The van der Waals surface area contributed by atoms with Gasteiger partial charge in [-0.25, -0.2) is 4.79 Å². The van der Waals surface area contributed by atoms with Crippen molar-refractivity contribution in [3.05, 3.63) is 28.8 Å². The van der Waals surface area contributed by atoms with E-state index >= 15 is 0 Å². The molecule has 1 aromatic carbocycles. The quantitative estimate of drug-likeness (QED) is 0.881. The summed E-state index contributed by atoms with van der Waals surface area (Å²) in [5, 5.41) is 9.17. The Morgan fingerprint density at radius 2 is 2.18 bits per heavy atom. The molecule has 0 spiro atoms. The first kappa shape index (κ1) is 12.2. The number of carboxylic acids is 1. The lowest BCUT2D eigenvalue weighted by molar-refractivity contribution is 0.0697. The van der Waals surface area contributed by atoms with Crippen molar-refractivity contribution in [2.75, 3.05) is 31.2 Å². The first-order valence-electron chi connectivity index (χ1n) is 5.54. The number of carboxylic acid groups (broad SMARTS) is 1. The number of hydrogen-bond acceptors (Lipinski definition) is 3. The number of benzene rings is 1. The highest BCUT2D eigenvalue weighted by atomic mass is 35.5. The molecule has 0 atom stereocenters. The molecule has 2 rings (SSSR count). The Kier molecular flexibility index (Phi) is 3.86. The van der Waals surface area contributed by atoms with E-state index in [1.54, 1.807) is 18.2 Å². The van der Waals surface area contributed by atoms with Crippen molar-refractivity contribution in [1.82, 2.24) is 0 Å². The standard InChI is InChI=1S/C12H14ClNO3/c13-11-8-9(2-3-10(11)12(15)16)14-4-1-6-17-7-5-14/h2-3,8H,1,4-7H2,(H,15,16). The van der Waals surface area contributed by atoms with Gasteiger partial charge in [0.15, 0.2) is 0 Å². The monoisotopic (exact) mass is 255 g/mol. The van der Waals surface area contributed by atoms with Gasteiger partial charge in [-0.3, -0.25) is 0 Å². The number of rotatable bonds is 2. The molecular weight excluding hydrogens is 242 g/mol. The van der Waals surface area contributed by atoms with Crippen molar-refractivity contribution < 1.29 is 14.6 Å². The zero-order valence-electron chi connectivity index (χ0n) is 9.36. The van der Waals surface area contributed by atoms with Crippen molar-refractivity contribution in [3.63, 3.8) is 0 Å². The lowest BCUT2D eigenvalue weighted by Crippen LogP contribution is -2.25. The fourth-order valence-corrected chi connectivity index (χ4v) is 2.13. The molecule has 1 heterocycles. The van der Waals surface area contributed by atoms with Crippen LogP contribution in [0.15, 0.2) is 18.2 Å². The van der Waals surface area contributed by atoms with Crippen LogP contribution in [-0.2, 0) is 4.74 Å². The molecule has 0 amide bonds. The van der Waals surface area contributed by atoms with Crippen LogP contribution in [0.2, 0.25) is 5.02 Å². The Morgan fingerprint density at radius 1 is 1.35 bits per heavy atom. The number of anilines is 1. The highest BCUT2D eigenvalue weighted by Gasteiger charge is 2.13. The first-order valence-corrected chi connectivity index (χ1v) is 5.92. The molecule has 0 aromatic heterocycles. The van der Waals surface area contributed by atoms with Gasteiger partial charge in [0.1, 0.15) is 0 Å². The van der Waals surface area contributed by atoms with Crippen molar-refractivity contribution in [2.24, 2.45) is 0 Å². The predicted molar refractivity (Wildman–Crippen MR) is 66.1 cm³/mol. The van der Waals surface area contributed by atoms with Gasteiger partial charge in [0.25, 0.3) is 0 Å². The average molecular weight is 256 g/mol. The van der Waals surface area contributed by atoms with E-state index in [0.717, 1.165) is 31.8 Å². The van der Waals surface area contributed by atoms with Gasteiger partial charge in [-0.05, 0) is 24.6 Å². The predicted octanol–water partition coefficient (Wildman–Crippen LogP) is 2.26. The molecule has 0 unspecified atom stereocenters. The number of hydrogen-bond donors (Lipinski definition) is 1. The molecule has 0 aliphatic carbocycles. The summed E-state index contributed by atoms with van der Waals surface area (Å²) in [4.78, 5) is 13.0. The van der Waals surface area contributed by atoms with E-state index in [4.69, 9.17) is 21.4 Å². The van der Waals surface area contributed by atoms with Crippen molar-refractivity contribution in [2.45, 2.75) is 6.42 Å². The smallest absolute Gasteiger partial charge is 0.337 e. The van der Waals surface area contributed by atoms with Crippen molar-refractivity contribution in [1.29, 1.82) is 0 Å². The molecule has 1 saturated heterocycles. The van der Waals surface area contributed by atoms with Crippen LogP contribution < -0.4 is 4.90 Å². The van der Waals surface area contributed by atoms with E-state index in [-0.39, 0.29) is 10.6 Å². The third kappa shape index (κ3) is 2.90. The zero-order valence-corrected chi connectivity index (χ0v) is 10.1. The summed E-state index contributed by atoms with van der Waals surface area (Å²) in [5.74, 6) is -0.999. The molecule has 4 nitrogen and oxygen atoms in total. The van der Waals surface area contributed by atoms with E-state index in [9.17, 15) is 4.79 Å². The summed E-state index contributed by atoms with van der Waals surface area (Å²) in [6, 6.07) is 5.04.